The molecular weight excluding hydrogens is 695 g/mol. The number of nitrogens with one attached hydrogen (secondary N) is 1. The van der Waals surface area contributed by atoms with Crippen LogP contribution in [0.4, 0.5) is 0 Å². The van der Waals surface area contributed by atoms with Crippen molar-refractivity contribution < 1.29 is 39.8 Å². The summed E-state index contributed by atoms with van der Waals surface area (Å²) < 4.78 is 11.2. The van der Waals surface area contributed by atoms with Crippen LogP contribution in [0.1, 0.15) is 232 Å². The first-order chi connectivity index (χ1) is 26.8. The Morgan fingerprint density at radius 2 is 0.909 bits per heavy atom. The molecule has 1 rings (SSSR count). The van der Waals surface area contributed by atoms with Crippen molar-refractivity contribution in [2.45, 2.75) is 275 Å². The predicted molar refractivity (Wildman–Crippen MR) is 226 cm³/mol. The molecule has 0 aromatic rings. The molecule has 0 saturated carbocycles. The first-order valence-corrected chi connectivity index (χ1v) is 23.7. The third-order valence-corrected chi connectivity index (χ3v) is 11.7. The number of aliphatic hydroxyl groups is 5. The molecule has 0 aromatic heterocycles. The molecule has 0 aromatic carbocycles. The van der Waals surface area contributed by atoms with Gasteiger partial charge in [0.1, 0.15) is 24.4 Å². The summed E-state index contributed by atoms with van der Waals surface area (Å²) in [6, 6.07) is -0.710. The Morgan fingerprint density at radius 1 is 0.545 bits per heavy atom. The van der Waals surface area contributed by atoms with E-state index in [0.717, 1.165) is 38.5 Å². The van der Waals surface area contributed by atoms with E-state index in [9.17, 15) is 30.3 Å². The Balaban J connectivity index is 2.24. The van der Waals surface area contributed by atoms with Gasteiger partial charge in [-0.2, -0.15) is 0 Å². The highest BCUT2D eigenvalue weighted by molar-refractivity contribution is 5.76. The summed E-state index contributed by atoms with van der Waals surface area (Å²) in [6.07, 6.45) is 34.0. The van der Waals surface area contributed by atoms with E-state index in [4.69, 9.17) is 9.47 Å². The summed E-state index contributed by atoms with van der Waals surface area (Å²) in [5.41, 5.74) is 0. The highest BCUT2D eigenvalue weighted by Gasteiger charge is 2.44. The number of unbranched alkanes of at least 4 members (excludes halogenated alkanes) is 30. The van der Waals surface area contributed by atoms with Crippen LogP contribution in [0, 0.1) is 0 Å². The normalized spacial score (nSPS) is 21.2. The summed E-state index contributed by atoms with van der Waals surface area (Å²) in [5.74, 6) is -0.141. The van der Waals surface area contributed by atoms with Gasteiger partial charge in [0.05, 0.1) is 25.4 Å². The lowest BCUT2D eigenvalue weighted by atomic mass is 9.99. The quantitative estimate of drug-likeness (QED) is 0.0337. The number of carbonyl (C=O) groups excluding carboxylic acids is 1. The molecule has 1 saturated heterocycles. The van der Waals surface area contributed by atoms with Gasteiger partial charge in [-0.15, -0.1) is 0 Å². The SMILES string of the molecule is CCCCCCCCCCCCCCCCCCCCCCCC(=O)N[C@@H](CO[C@@H]1O[C@H](CO)[C@H](O)C(O)C1O)[C@H](O)CCCCCCCCCCCCC. The van der Waals surface area contributed by atoms with E-state index in [2.05, 4.69) is 19.2 Å². The van der Waals surface area contributed by atoms with Gasteiger partial charge >= 0.3 is 0 Å². The minimum Gasteiger partial charge on any atom is -0.394 e. The van der Waals surface area contributed by atoms with Crippen LogP contribution < -0.4 is 5.32 Å². The van der Waals surface area contributed by atoms with Crippen LogP contribution >= 0.6 is 0 Å². The van der Waals surface area contributed by atoms with Gasteiger partial charge in [-0.05, 0) is 12.8 Å². The molecule has 55 heavy (non-hydrogen) atoms. The van der Waals surface area contributed by atoms with Crippen LogP contribution in [-0.4, -0.2) is 87.5 Å². The maximum absolute atomic E-state index is 13.0. The molecule has 7 atom stereocenters. The van der Waals surface area contributed by atoms with E-state index in [0.29, 0.717) is 12.8 Å². The second-order valence-corrected chi connectivity index (χ2v) is 16.9. The van der Waals surface area contributed by atoms with Gasteiger partial charge in [-0.3, -0.25) is 4.79 Å². The van der Waals surface area contributed by atoms with Crippen molar-refractivity contribution in [2.75, 3.05) is 13.2 Å². The van der Waals surface area contributed by atoms with Crippen molar-refractivity contribution in [2.24, 2.45) is 0 Å². The maximum Gasteiger partial charge on any atom is 0.220 e. The average Bonchev–Trinajstić information content (AvgIpc) is 3.18. The molecule has 1 aliphatic rings. The molecular formula is C46H91NO8. The summed E-state index contributed by atoms with van der Waals surface area (Å²) >= 11 is 0. The molecule has 0 bridgehead atoms. The predicted octanol–water partition coefficient (Wildman–Crippen LogP) is 9.95. The Morgan fingerprint density at radius 3 is 1.29 bits per heavy atom. The largest absolute Gasteiger partial charge is 0.394 e. The molecule has 2 unspecified atom stereocenters. The summed E-state index contributed by atoms with van der Waals surface area (Å²) in [6.45, 7) is 3.84. The molecule has 1 amide bonds. The maximum atomic E-state index is 13.0. The van der Waals surface area contributed by atoms with Gasteiger partial charge in [0.2, 0.25) is 5.91 Å². The fourth-order valence-electron chi connectivity index (χ4n) is 7.87. The monoisotopic (exact) mass is 786 g/mol. The molecule has 0 radical (unpaired) electrons. The van der Waals surface area contributed by atoms with Crippen LogP contribution in [-0.2, 0) is 14.3 Å². The van der Waals surface area contributed by atoms with Gasteiger partial charge in [0, 0.05) is 6.42 Å². The van der Waals surface area contributed by atoms with E-state index >= 15 is 0 Å². The molecule has 0 aliphatic carbocycles. The molecule has 0 spiro atoms. The molecule has 328 valence electrons. The number of rotatable bonds is 40. The lowest BCUT2D eigenvalue weighted by Crippen LogP contribution is -2.60. The van der Waals surface area contributed by atoms with Crippen molar-refractivity contribution in [3.63, 3.8) is 0 Å². The first kappa shape index (κ1) is 52.2. The molecule has 9 heteroatoms. The van der Waals surface area contributed by atoms with Crippen LogP contribution in [0.2, 0.25) is 0 Å². The molecule has 1 heterocycles. The standard InChI is InChI=1S/C46H91NO8/c1-3-5-7-9-11-13-15-16-17-18-19-20-21-22-23-24-26-28-30-32-34-36-42(50)47-39(38-54-46-45(53)44(52)43(51)41(37-48)55-46)40(49)35-33-31-29-27-25-14-12-10-8-6-4-2/h39-41,43-46,48-49,51-53H,3-38H2,1-2H3,(H,47,50)/t39-,40+,41+,43-,44?,45?,46+/m0/s1. The highest BCUT2D eigenvalue weighted by Crippen LogP contribution is 2.23. The molecule has 1 fully saturated rings. The zero-order valence-electron chi connectivity index (χ0n) is 36.0. The molecule has 1 aliphatic heterocycles. The fourth-order valence-corrected chi connectivity index (χ4v) is 7.87. The number of carbonyl (C=O) groups is 1. The van der Waals surface area contributed by atoms with E-state index in [1.165, 1.54) is 167 Å². The smallest absolute Gasteiger partial charge is 0.220 e. The zero-order valence-corrected chi connectivity index (χ0v) is 36.0. The number of ether oxygens (including phenoxy) is 2. The second kappa shape index (κ2) is 37.5. The van der Waals surface area contributed by atoms with Gasteiger partial charge in [-0.25, -0.2) is 0 Å². The lowest BCUT2D eigenvalue weighted by molar-refractivity contribution is -0.302. The third kappa shape index (κ3) is 28.3. The Hall–Kier alpha value is -0.810. The topological polar surface area (TPSA) is 149 Å². The second-order valence-electron chi connectivity index (χ2n) is 16.9. The fraction of sp³-hybridized carbons (Fsp3) is 0.978. The number of aliphatic hydroxyl groups excluding tert-OH is 5. The summed E-state index contributed by atoms with van der Waals surface area (Å²) in [7, 11) is 0. The first-order valence-electron chi connectivity index (χ1n) is 23.7. The van der Waals surface area contributed by atoms with Crippen LogP contribution in [0.25, 0.3) is 0 Å². The van der Waals surface area contributed by atoms with Crippen LogP contribution in [0.3, 0.4) is 0 Å². The number of hydrogen-bond acceptors (Lipinski definition) is 8. The molecule has 6 N–H and O–H groups in total. The zero-order chi connectivity index (χ0) is 40.2. The van der Waals surface area contributed by atoms with Crippen LogP contribution in [0.5, 0.6) is 0 Å². The summed E-state index contributed by atoms with van der Waals surface area (Å²) in [4.78, 5) is 13.0. The number of amides is 1. The van der Waals surface area contributed by atoms with Crippen molar-refractivity contribution in [1.82, 2.24) is 5.32 Å². The van der Waals surface area contributed by atoms with E-state index in [1.807, 2.05) is 0 Å². The van der Waals surface area contributed by atoms with E-state index in [1.54, 1.807) is 0 Å². The minimum atomic E-state index is -1.55. The minimum absolute atomic E-state index is 0.132. The van der Waals surface area contributed by atoms with Crippen molar-refractivity contribution >= 4 is 5.91 Å². The van der Waals surface area contributed by atoms with Crippen molar-refractivity contribution in [3.8, 4) is 0 Å². The highest BCUT2D eigenvalue weighted by atomic mass is 16.7. The Bertz CT molecular complexity index is 832. The third-order valence-electron chi connectivity index (χ3n) is 11.7. The molecule has 9 nitrogen and oxygen atoms in total. The van der Waals surface area contributed by atoms with Crippen molar-refractivity contribution in [3.05, 3.63) is 0 Å². The Labute approximate surface area is 338 Å². The Kier molecular flexibility index (Phi) is 35.6. The van der Waals surface area contributed by atoms with Gasteiger partial charge in [0.25, 0.3) is 0 Å². The van der Waals surface area contributed by atoms with Gasteiger partial charge in [0.15, 0.2) is 6.29 Å². The van der Waals surface area contributed by atoms with Crippen molar-refractivity contribution in [1.29, 1.82) is 0 Å². The van der Waals surface area contributed by atoms with Gasteiger partial charge in [-0.1, -0.05) is 213 Å². The lowest BCUT2D eigenvalue weighted by Gasteiger charge is -2.40. The summed E-state index contributed by atoms with van der Waals surface area (Å²) in [5, 5.41) is 54.3. The van der Waals surface area contributed by atoms with E-state index < -0.39 is 49.5 Å². The number of hydrogen-bond donors (Lipinski definition) is 6. The van der Waals surface area contributed by atoms with Crippen LogP contribution in [0.15, 0.2) is 0 Å². The average molecular weight is 786 g/mol. The van der Waals surface area contributed by atoms with Gasteiger partial charge < -0.3 is 40.3 Å². The van der Waals surface area contributed by atoms with E-state index in [-0.39, 0.29) is 12.5 Å².